The SMILES string of the molecule is COc1ncc(-c2cc(N3CC(Oc4cc(C(F)(F)F)cnn4)C(F)(F)C3)c3ncc(F)n3n2)c(OC)n1. The Labute approximate surface area is 209 Å². The van der Waals surface area contributed by atoms with Crippen LogP contribution in [0.1, 0.15) is 5.56 Å². The third kappa shape index (κ3) is 4.54. The van der Waals surface area contributed by atoms with E-state index in [-0.39, 0.29) is 34.5 Å². The van der Waals surface area contributed by atoms with E-state index in [2.05, 4.69) is 30.2 Å². The summed E-state index contributed by atoms with van der Waals surface area (Å²) in [5.41, 5.74) is -1.000. The number of hydrogen-bond donors (Lipinski definition) is 0. The lowest BCUT2D eigenvalue weighted by Crippen LogP contribution is -2.36. The van der Waals surface area contributed by atoms with E-state index in [1.165, 1.54) is 26.5 Å². The number of hydrogen-bond acceptors (Lipinski definition) is 10. The maximum atomic E-state index is 15.0. The van der Waals surface area contributed by atoms with Gasteiger partial charge in [-0.15, -0.1) is 5.10 Å². The number of rotatable bonds is 6. The minimum atomic E-state index is -4.77. The van der Waals surface area contributed by atoms with Crippen LogP contribution in [0.3, 0.4) is 0 Å². The number of fused-ring (bicyclic) bond motifs is 1. The lowest BCUT2D eigenvalue weighted by Gasteiger charge is -2.19. The van der Waals surface area contributed by atoms with Gasteiger partial charge in [0.15, 0.2) is 11.8 Å². The highest BCUT2D eigenvalue weighted by Gasteiger charge is 2.51. The molecular formula is C21H16F6N8O3. The Balaban J connectivity index is 1.52. The van der Waals surface area contributed by atoms with Crippen LogP contribution in [0.2, 0.25) is 0 Å². The molecule has 1 atom stereocenters. The van der Waals surface area contributed by atoms with E-state index in [0.717, 1.165) is 15.6 Å². The monoisotopic (exact) mass is 542 g/mol. The topological polar surface area (TPSA) is 113 Å². The Morgan fingerprint density at radius 2 is 1.84 bits per heavy atom. The van der Waals surface area contributed by atoms with Crippen molar-refractivity contribution in [3.8, 4) is 29.0 Å². The molecule has 0 saturated carbocycles. The summed E-state index contributed by atoms with van der Waals surface area (Å²) in [5, 5.41) is 10.7. The summed E-state index contributed by atoms with van der Waals surface area (Å²) in [7, 11) is 2.66. The van der Waals surface area contributed by atoms with Gasteiger partial charge in [-0.1, -0.05) is 0 Å². The Morgan fingerprint density at radius 1 is 1.05 bits per heavy atom. The molecule has 1 aliphatic rings. The molecule has 4 aromatic rings. The van der Waals surface area contributed by atoms with E-state index in [4.69, 9.17) is 14.2 Å². The molecule has 1 fully saturated rings. The van der Waals surface area contributed by atoms with Gasteiger partial charge < -0.3 is 19.1 Å². The molecule has 1 unspecified atom stereocenters. The first-order valence-corrected chi connectivity index (χ1v) is 10.7. The summed E-state index contributed by atoms with van der Waals surface area (Å²) in [4.78, 5) is 13.1. The standard InChI is InChI=1S/C21H16F6N8O3/c1-36-18-11(6-29-19(31-18)37-2)12-4-13(17-28-7-15(22)35(17)33-12)34-8-14(20(23,24)9-34)38-16-3-10(5-30-32-16)21(25,26)27/h3-7,14H,8-9H2,1-2H3. The molecule has 0 bridgehead atoms. The van der Waals surface area contributed by atoms with Crippen LogP contribution in [-0.4, -0.2) is 74.1 Å². The average Bonchev–Trinajstić information content (AvgIpc) is 3.41. The average molecular weight is 542 g/mol. The Kier molecular flexibility index (Phi) is 6.07. The minimum Gasteiger partial charge on any atom is -0.480 e. The largest absolute Gasteiger partial charge is 0.480 e. The summed E-state index contributed by atoms with van der Waals surface area (Å²) in [6.45, 7) is -1.43. The lowest BCUT2D eigenvalue weighted by atomic mass is 10.2. The number of halogens is 6. The van der Waals surface area contributed by atoms with Crippen molar-refractivity contribution >= 4 is 11.3 Å². The van der Waals surface area contributed by atoms with Crippen LogP contribution in [-0.2, 0) is 6.18 Å². The molecule has 0 N–H and O–H groups in total. The highest BCUT2D eigenvalue weighted by molar-refractivity contribution is 5.76. The first-order valence-electron chi connectivity index (χ1n) is 10.7. The first-order chi connectivity index (χ1) is 18.0. The number of ether oxygens (including phenoxy) is 3. The molecule has 200 valence electrons. The maximum absolute atomic E-state index is 15.0. The fraction of sp³-hybridized carbons (Fsp3) is 0.333. The first kappa shape index (κ1) is 25.2. The van der Waals surface area contributed by atoms with E-state index < -0.39 is 48.7 Å². The lowest BCUT2D eigenvalue weighted by molar-refractivity contribution is -0.138. The predicted molar refractivity (Wildman–Crippen MR) is 116 cm³/mol. The molecular weight excluding hydrogens is 526 g/mol. The quantitative estimate of drug-likeness (QED) is 0.337. The summed E-state index contributed by atoms with van der Waals surface area (Å²) < 4.78 is 99.6. The molecule has 17 heteroatoms. The molecule has 5 rings (SSSR count). The van der Waals surface area contributed by atoms with Crippen molar-refractivity contribution in [3.63, 3.8) is 0 Å². The highest BCUT2D eigenvalue weighted by Crippen LogP contribution is 2.38. The molecule has 38 heavy (non-hydrogen) atoms. The van der Waals surface area contributed by atoms with Crippen LogP contribution in [0.4, 0.5) is 32.0 Å². The van der Waals surface area contributed by atoms with Crippen molar-refractivity contribution in [2.24, 2.45) is 0 Å². The summed E-state index contributed by atoms with van der Waals surface area (Å²) in [6.07, 6.45) is -4.07. The van der Waals surface area contributed by atoms with Gasteiger partial charge in [-0.2, -0.15) is 37.3 Å². The van der Waals surface area contributed by atoms with Gasteiger partial charge >= 0.3 is 18.1 Å². The van der Waals surface area contributed by atoms with Crippen molar-refractivity contribution in [2.45, 2.75) is 18.2 Å². The van der Waals surface area contributed by atoms with Gasteiger partial charge in [0.2, 0.25) is 17.7 Å². The van der Waals surface area contributed by atoms with Crippen molar-refractivity contribution in [2.75, 3.05) is 32.2 Å². The zero-order chi connectivity index (χ0) is 27.2. The van der Waals surface area contributed by atoms with Crippen molar-refractivity contribution in [3.05, 3.63) is 42.2 Å². The molecule has 11 nitrogen and oxygen atoms in total. The van der Waals surface area contributed by atoms with Gasteiger partial charge in [-0.05, 0) is 6.07 Å². The van der Waals surface area contributed by atoms with Crippen molar-refractivity contribution in [1.29, 1.82) is 0 Å². The Morgan fingerprint density at radius 3 is 2.55 bits per heavy atom. The van der Waals surface area contributed by atoms with Crippen LogP contribution < -0.4 is 19.1 Å². The van der Waals surface area contributed by atoms with Crippen LogP contribution in [0.5, 0.6) is 17.8 Å². The number of aromatic nitrogens is 7. The minimum absolute atomic E-state index is 0.0161. The second kappa shape index (κ2) is 9.14. The molecule has 1 saturated heterocycles. The fourth-order valence-electron chi connectivity index (χ4n) is 3.84. The van der Waals surface area contributed by atoms with Gasteiger partial charge in [-0.3, -0.25) is 0 Å². The van der Waals surface area contributed by atoms with E-state index >= 15 is 0 Å². The molecule has 1 aliphatic heterocycles. The van der Waals surface area contributed by atoms with Crippen LogP contribution in [0.15, 0.2) is 30.7 Å². The van der Waals surface area contributed by atoms with E-state index in [1.807, 2.05) is 0 Å². The number of methoxy groups -OCH3 is 2. The number of anilines is 1. The third-order valence-electron chi connectivity index (χ3n) is 5.61. The molecule has 4 aromatic heterocycles. The van der Waals surface area contributed by atoms with Gasteiger partial charge in [0.25, 0.3) is 0 Å². The van der Waals surface area contributed by atoms with Gasteiger partial charge in [0.1, 0.15) is 5.69 Å². The van der Waals surface area contributed by atoms with Crippen LogP contribution in [0.25, 0.3) is 16.9 Å². The number of imidazole rings is 1. The molecule has 0 aromatic carbocycles. The van der Waals surface area contributed by atoms with E-state index in [0.29, 0.717) is 12.3 Å². The maximum Gasteiger partial charge on any atom is 0.418 e. The zero-order valence-corrected chi connectivity index (χ0v) is 19.4. The highest BCUT2D eigenvalue weighted by atomic mass is 19.4. The van der Waals surface area contributed by atoms with E-state index in [9.17, 15) is 26.3 Å². The Hall–Kier alpha value is -4.44. The van der Waals surface area contributed by atoms with Crippen molar-refractivity contribution < 1.29 is 40.6 Å². The summed E-state index contributed by atoms with van der Waals surface area (Å²) >= 11 is 0. The molecule has 0 radical (unpaired) electrons. The zero-order valence-electron chi connectivity index (χ0n) is 19.4. The summed E-state index contributed by atoms with van der Waals surface area (Å²) in [6, 6.07) is 1.82. The molecule has 0 amide bonds. The third-order valence-corrected chi connectivity index (χ3v) is 5.61. The van der Waals surface area contributed by atoms with Gasteiger partial charge in [-0.25, -0.2) is 18.7 Å². The fourth-order valence-corrected chi connectivity index (χ4v) is 3.84. The second-order valence-electron chi connectivity index (χ2n) is 8.04. The van der Waals surface area contributed by atoms with Crippen LogP contribution in [0, 0.1) is 5.95 Å². The summed E-state index contributed by atoms with van der Waals surface area (Å²) in [5.74, 6) is -5.12. The van der Waals surface area contributed by atoms with Crippen molar-refractivity contribution in [1.82, 2.24) is 34.8 Å². The number of nitrogens with zero attached hydrogens (tertiary/aromatic N) is 8. The van der Waals surface area contributed by atoms with E-state index in [1.54, 1.807) is 0 Å². The van der Waals surface area contributed by atoms with Gasteiger partial charge in [0.05, 0.1) is 56.5 Å². The second-order valence-corrected chi connectivity index (χ2v) is 8.04. The Bertz CT molecular complexity index is 1500. The normalized spacial score (nSPS) is 17.2. The smallest absolute Gasteiger partial charge is 0.418 e. The predicted octanol–water partition coefficient (Wildman–Crippen LogP) is 3.05. The number of alkyl halides is 5. The molecule has 5 heterocycles. The molecule has 0 spiro atoms. The van der Waals surface area contributed by atoms with Crippen LogP contribution >= 0.6 is 0 Å². The van der Waals surface area contributed by atoms with Gasteiger partial charge in [0, 0.05) is 12.3 Å². The molecule has 0 aliphatic carbocycles.